The number of amides is 2. The third-order valence-electron chi connectivity index (χ3n) is 5.34. The minimum atomic E-state index is -1.38. The molecule has 1 aromatic heterocycles. The van der Waals surface area contributed by atoms with Gasteiger partial charge in [0, 0.05) is 43.0 Å². The number of nitrogens with one attached hydrogen (secondary N) is 2. The van der Waals surface area contributed by atoms with Gasteiger partial charge in [-0.3, -0.25) is 19.4 Å². The lowest BCUT2D eigenvalue weighted by Gasteiger charge is -2.32. The Kier molecular flexibility index (Phi) is 9.10. The van der Waals surface area contributed by atoms with Crippen LogP contribution in [0, 0.1) is 0 Å². The highest BCUT2D eigenvalue weighted by Gasteiger charge is 2.37. The summed E-state index contributed by atoms with van der Waals surface area (Å²) >= 11 is 13.5. The lowest BCUT2D eigenvalue weighted by Crippen LogP contribution is -2.51. The summed E-state index contributed by atoms with van der Waals surface area (Å²) in [5.41, 5.74) is 11.2. The van der Waals surface area contributed by atoms with Crippen LogP contribution in [0.2, 0.25) is 9.36 Å². The lowest BCUT2D eigenvalue weighted by molar-refractivity contribution is -0.153. The molecule has 0 bridgehead atoms. The number of hydrogen-bond acceptors (Lipinski definition) is 7. The minimum absolute atomic E-state index is 0.116. The third kappa shape index (κ3) is 6.58. The summed E-state index contributed by atoms with van der Waals surface area (Å²) in [5.74, 6) is -1.69. The normalized spacial score (nSPS) is 14.9. The summed E-state index contributed by atoms with van der Waals surface area (Å²) < 4.78 is 5.98. The first-order valence-corrected chi connectivity index (χ1v) is 12.2. The highest BCUT2D eigenvalue weighted by molar-refractivity contribution is 7.16. The maximum atomic E-state index is 13.3. The monoisotopic (exact) mass is 524 g/mol. The number of hydrazine groups is 1. The van der Waals surface area contributed by atoms with Crippen molar-refractivity contribution in [2.24, 2.45) is 5.73 Å². The number of carbonyl (C=O) groups is 3. The van der Waals surface area contributed by atoms with Crippen molar-refractivity contribution in [2.45, 2.75) is 46.0 Å². The standard InChI is InChI=1S/C23H26Cl2N4O4S/c1-13-7-8-29(28-12-18-5-6-19(25)34-18)23(32)20(13)21(33-14(2)30)22(31)27-11-16-9-17(24)4-3-15(16)10-26/h3-6,9,21,28H,7-8,10-12,26H2,1-2H3,(H,27,31). The summed E-state index contributed by atoms with van der Waals surface area (Å²) in [6, 6.07) is 8.88. The van der Waals surface area contributed by atoms with Crippen molar-refractivity contribution in [1.82, 2.24) is 15.8 Å². The summed E-state index contributed by atoms with van der Waals surface area (Å²) in [6.07, 6.45) is -0.859. The van der Waals surface area contributed by atoms with Gasteiger partial charge in [0.05, 0.1) is 9.91 Å². The molecule has 2 amide bonds. The highest BCUT2D eigenvalue weighted by atomic mass is 35.5. The van der Waals surface area contributed by atoms with Gasteiger partial charge < -0.3 is 15.8 Å². The molecule has 1 atom stereocenters. The topological polar surface area (TPSA) is 114 Å². The van der Waals surface area contributed by atoms with Gasteiger partial charge in [-0.1, -0.05) is 34.8 Å². The molecule has 0 saturated heterocycles. The average Bonchev–Trinajstić information content (AvgIpc) is 3.21. The molecule has 0 fully saturated rings. The molecule has 3 rings (SSSR count). The van der Waals surface area contributed by atoms with Crippen molar-refractivity contribution >= 4 is 52.3 Å². The molecule has 8 nitrogen and oxygen atoms in total. The molecule has 0 aliphatic carbocycles. The van der Waals surface area contributed by atoms with Crippen molar-refractivity contribution in [3.8, 4) is 0 Å². The zero-order valence-corrected chi connectivity index (χ0v) is 21.1. The Labute approximate surface area is 212 Å². The zero-order valence-electron chi connectivity index (χ0n) is 18.8. The van der Waals surface area contributed by atoms with Crippen LogP contribution in [0.15, 0.2) is 41.5 Å². The van der Waals surface area contributed by atoms with Crippen LogP contribution in [-0.2, 0) is 38.8 Å². The van der Waals surface area contributed by atoms with Crippen LogP contribution < -0.4 is 16.5 Å². The molecular formula is C23H26Cl2N4O4S. The fourth-order valence-electron chi connectivity index (χ4n) is 3.59. The van der Waals surface area contributed by atoms with E-state index in [1.165, 1.54) is 23.3 Å². The first-order valence-electron chi connectivity index (χ1n) is 10.6. The van der Waals surface area contributed by atoms with Gasteiger partial charge in [-0.05, 0) is 48.7 Å². The van der Waals surface area contributed by atoms with E-state index in [4.69, 9.17) is 33.7 Å². The van der Waals surface area contributed by atoms with E-state index < -0.39 is 23.9 Å². The second-order valence-corrected chi connectivity index (χ2v) is 10.0. The van der Waals surface area contributed by atoms with Crippen LogP contribution in [0.25, 0.3) is 0 Å². The number of nitrogens with two attached hydrogens (primary N) is 1. The Balaban J connectivity index is 1.76. The van der Waals surface area contributed by atoms with Crippen LogP contribution in [-0.4, -0.2) is 35.4 Å². The van der Waals surface area contributed by atoms with Gasteiger partial charge in [-0.15, -0.1) is 11.3 Å². The number of halogens is 2. The van der Waals surface area contributed by atoms with Crippen LogP contribution in [0.3, 0.4) is 0 Å². The second-order valence-electron chi connectivity index (χ2n) is 7.77. The Morgan fingerprint density at radius 2 is 1.97 bits per heavy atom. The van der Waals surface area contributed by atoms with Crippen molar-refractivity contribution < 1.29 is 19.1 Å². The Morgan fingerprint density at radius 3 is 2.62 bits per heavy atom. The molecule has 1 aliphatic rings. The first kappa shape index (κ1) is 26.2. The third-order valence-corrected chi connectivity index (χ3v) is 6.81. The van der Waals surface area contributed by atoms with Gasteiger partial charge in [-0.25, -0.2) is 5.43 Å². The van der Waals surface area contributed by atoms with E-state index in [0.29, 0.717) is 34.4 Å². The second kappa shape index (κ2) is 11.8. The molecule has 4 N–H and O–H groups in total. The van der Waals surface area contributed by atoms with E-state index in [2.05, 4.69) is 10.7 Å². The van der Waals surface area contributed by atoms with E-state index in [9.17, 15) is 14.4 Å². The average molecular weight is 525 g/mol. The number of hydrogen-bond donors (Lipinski definition) is 3. The molecule has 34 heavy (non-hydrogen) atoms. The lowest BCUT2D eigenvalue weighted by atomic mass is 9.96. The van der Waals surface area contributed by atoms with E-state index >= 15 is 0 Å². The first-order chi connectivity index (χ1) is 16.2. The number of carbonyl (C=O) groups excluding carboxylic acids is 3. The Hall–Kier alpha value is -2.43. The van der Waals surface area contributed by atoms with E-state index in [1.807, 2.05) is 6.07 Å². The fraction of sp³-hybridized carbons (Fsp3) is 0.348. The minimum Gasteiger partial charge on any atom is -0.447 e. The molecule has 1 unspecified atom stereocenters. The smallest absolute Gasteiger partial charge is 0.303 e. The Bertz CT molecular complexity index is 1120. The molecule has 2 aromatic rings. The van der Waals surface area contributed by atoms with Gasteiger partial charge in [0.25, 0.3) is 11.8 Å². The van der Waals surface area contributed by atoms with Crippen LogP contribution >= 0.6 is 34.5 Å². The molecule has 182 valence electrons. The van der Waals surface area contributed by atoms with Crippen molar-refractivity contribution in [1.29, 1.82) is 0 Å². The quantitative estimate of drug-likeness (QED) is 0.433. The predicted molar refractivity (Wildman–Crippen MR) is 132 cm³/mol. The number of esters is 1. The van der Waals surface area contributed by atoms with Crippen LogP contribution in [0.4, 0.5) is 0 Å². The number of benzene rings is 1. The van der Waals surface area contributed by atoms with Gasteiger partial charge in [0.2, 0.25) is 6.10 Å². The van der Waals surface area contributed by atoms with Crippen LogP contribution in [0.5, 0.6) is 0 Å². The number of nitrogens with zero attached hydrogens (tertiary/aromatic N) is 1. The number of thiophene rings is 1. The van der Waals surface area contributed by atoms with E-state index in [0.717, 1.165) is 16.0 Å². The molecule has 11 heteroatoms. The predicted octanol–water partition coefficient (Wildman–Crippen LogP) is 3.32. The Morgan fingerprint density at radius 1 is 1.21 bits per heavy atom. The fourth-order valence-corrected chi connectivity index (χ4v) is 4.81. The SMILES string of the molecule is CC(=O)OC(C(=O)NCc1cc(Cl)ccc1CN)C1=C(C)CCN(NCc2ccc(Cl)s2)C1=O. The molecule has 0 spiro atoms. The van der Waals surface area contributed by atoms with Gasteiger partial charge >= 0.3 is 5.97 Å². The van der Waals surface area contributed by atoms with Crippen molar-refractivity contribution in [3.63, 3.8) is 0 Å². The summed E-state index contributed by atoms with van der Waals surface area (Å²) in [4.78, 5) is 39.2. The molecular weight excluding hydrogens is 499 g/mol. The molecule has 0 radical (unpaired) electrons. The summed E-state index contributed by atoms with van der Waals surface area (Å²) in [7, 11) is 0. The largest absolute Gasteiger partial charge is 0.447 e. The van der Waals surface area contributed by atoms with Gasteiger partial charge in [0.1, 0.15) is 0 Å². The summed E-state index contributed by atoms with van der Waals surface area (Å²) in [6.45, 7) is 4.17. The van der Waals surface area contributed by atoms with Crippen molar-refractivity contribution in [2.75, 3.05) is 6.54 Å². The number of rotatable bonds is 9. The maximum absolute atomic E-state index is 13.3. The molecule has 1 aliphatic heterocycles. The molecule has 1 aromatic carbocycles. The molecule has 2 heterocycles. The highest BCUT2D eigenvalue weighted by Crippen LogP contribution is 2.25. The molecule has 0 saturated carbocycles. The zero-order chi connectivity index (χ0) is 24.8. The van der Waals surface area contributed by atoms with Gasteiger partial charge in [-0.2, -0.15) is 0 Å². The van der Waals surface area contributed by atoms with Gasteiger partial charge in [0.15, 0.2) is 0 Å². The van der Waals surface area contributed by atoms with Crippen LogP contribution in [0.1, 0.15) is 36.3 Å². The van der Waals surface area contributed by atoms with E-state index in [1.54, 1.807) is 31.2 Å². The number of ether oxygens (including phenoxy) is 1. The summed E-state index contributed by atoms with van der Waals surface area (Å²) in [5, 5.41) is 4.69. The maximum Gasteiger partial charge on any atom is 0.303 e. The van der Waals surface area contributed by atoms with Crippen molar-refractivity contribution in [3.05, 3.63) is 66.8 Å². The van der Waals surface area contributed by atoms with E-state index in [-0.39, 0.29) is 18.7 Å².